The molecule has 106 valence electrons. The van der Waals surface area contributed by atoms with Crippen LogP contribution in [0.3, 0.4) is 0 Å². The van der Waals surface area contributed by atoms with Crippen LogP contribution in [0.25, 0.3) is 0 Å². The highest BCUT2D eigenvalue weighted by Crippen LogP contribution is 2.13. The van der Waals surface area contributed by atoms with E-state index in [4.69, 9.17) is 5.26 Å². The van der Waals surface area contributed by atoms with Gasteiger partial charge in [0.1, 0.15) is 6.07 Å². The number of pyridine rings is 1. The Morgan fingerprint density at radius 1 is 1.19 bits per heavy atom. The van der Waals surface area contributed by atoms with Crippen molar-refractivity contribution in [3.63, 3.8) is 0 Å². The number of aryl methyl sites for hydroxylation is 1. The number of anilines is 1. The predicted molar refractivity (Wildman–Crippen MR) is 79.7 cm³/mol. The van der Waals surface area contributed by atoms with Gasteiger partial charge in [-0.3, -0.25) is 9.59 Å². The molecule has 0 unspecified atom stereocenters. The minimum atomic E-state index is -0.126. The number of carbonyl (C=O) groups excluding carboxylic acids is 1. The fraction of sp³-hybridized carbons (Fsp3) is 0.188. The third-order valence-electron chi connectivity index (χ3n) is 3.00. The summed E-state index contributed by atoms with van der Waals surface area (Å²) in [4.78, 5) is 22.8. The Balaban J connectivity index is 1.84. The molecule has 1 N–H and O–H groups in total. The van der Waals surface area contributed by atoms with Crippen molar-refractivity contribution in [2.45, 2.75) is 19.4 Å². The predicted octanol–water partition coefficient (Wildman–Crippen LogP) is 2.14. The molecule has 2 rings (SSSR count). The Morgan fingerprint density at radius 3 is 2.62 bits per heavy atom. The van der Waals surface area contributed by atoms with Gasteiger partial charge in [0.15, 0.2) is 5.43 Å². The van der Waals surface area contributed by atoms with Gasteiger partial charge in [-0.05, 0) is 18.6 Å². The number of rotatable bonds is 5. The Kier molecular flexibility index (Phi) is 4.89. The van der Waals surface area contributed by atoms with E-state index in [1.807, 2.05) is 10.6 Å². The molecule has 0 fully saturated rings. The summed E-state index contributed by atoms with van der Waals surface area (Å²) in [5, 5.41) is 11.7. The van der Waals surface area contributed by atoms with E-state index >= 15 is 0 Å². The standard InChI is InChI=1S/C16H15N3O2/c17-12-13-4-1-2-5-15(13)18-16(21)6-3-9-19-10-7-14(20)8-11-19/h1-2,4-5,7-8,10-11H,3,6,9H2,(H,18,21). The highest BCUT2D eigenvalue weighted by molar-refractivity contribution is 5.92. The largest absolute Gasteiger partial charge is 0.354 e. The summed E-state index contributed by atoms with van der Waals surface area (Å²) in [6.07, 6.45) is 4.41. The lowest BCUT2D eigenvalue weighted by Crippen LogP contribution is -2.13. The number of nitrogens with zero attached hydrogens (tertiary/aromatic N) is 2. The first-order chi connectivity index (χ1) is 10.2. The van der Waals surface area contributed by atoms with Gasteiger partial charge in [0.05, 0.1) is 11.3 Å². The van der Waals surface area contributed by atoms with Crippen molar-refractivity contribution in [2.75, 3.05) is 5.32 Å². The monoisotopic (exact) mass is 281 g/mol. The lowest BCUT2D eigenvalue weighted by atomic mass is 10.2. The molecular weight excluding hydrogens is 266 g/mol. The van der Waals surface area contributed by atoms with Crippen LogP contribution in [0.4, 0.5) is 5.69 Å². The van der Waals surface area contributed by atoms with Gasteiger partial charge < -0.3 is 9.88 Å². The molecule has 2 aromatic rings. The van der Waals surface area contributed by atoms with Gasteiger partial charge in [0, 0.05) is 37.5 Å². The van der Waals surface area contributed by atoms with Crippen LogP contribution in [0.2, 0.25) is 0 Å². The van der Waals surface area contributed by atoms with E-state index in [-0.39, 0.29) is 11.3 Å². The first-order valence-electron chi connectivity index (χ1n) is 6.64. The van der Waals surface area contributed by atoms with Crippen LogP contribution in [-0.4, -0.2) is 10.5 Å². The van der Waals surface area contributed by atoms with E-state index in [1.54, 1.807) is 36.7 Å². The first-order valence-corrected chi connectivity index (χ1v) is 6.64. The minimum absolute atomic E-state index is 0.0305. The maximum absolute atomic E-state index is 11.8. The molecule has 0 atom stereocenters. The van der Waals surface area contributed by atoms with Gasteiger partial charge in [-0.1, -0.05) is 12.1 Å². The first kappa shape index (κ1) is 14.5. The minimum Gasteiger partial charge on any atom is -0.354 e. The quantitative estimate of drug-likeness (QED) is 0.912. The molecule has 0 aliphatic carbocycles. The number of nitrogens with one attached hydrogen (secondary N) is 1. The van der Waals surface area contributed by atoms with Crippen molar-refractivity contribution in [3.8, 4) is 6.07 Å². The molecule has 21 heavy (non-hydrogen) atoms. The number of carbonyl (C=O) groups is 1. The number of aromatic nitrogens is 1. The van der Waals surface area contributed by atoms with Crippen LogP contribution in [0.1, 0.15) is 18.4 Å². The zero-order chi connectivity index (χ0) is 15.1. The highest BCUT2D eigenvalue weighted by atomic mass is 16.1. The molecule has 5 nitrogen and oxygen atoms in total. The molecule has 0 spiro atoms. The highest BCUT2D eigenvalue weighted by Gasteiger charge is 2.05. The average molecular weight is 281 g/mol. The molecule has 5 heteroatoms. The zero-order valence-electron chi connectivity index (χ0n) is 11.5. The second-order valence-corrected chi connectivity index (χ2v) is 4.58. The van der Waals surface area contributed by atoms with Crippen LogP contribution in [0, 0.1) is 11.3 Å². The lowest BCUT2D eigenvalue weighted by molar-refractivity contribution is -0.116. The summed E-state index contributed by atoms with van der Waals surface area (Å²) < 4.78 is 1.86. The molecule has 0 aliphatic heterocycles. The van der Waals surface area contributed by atoms with Crippen LogP contribution in [-0.2, 0) is 11.3 Å². The third kappa shape index (κ3) is 4.32. The van der Waals surface area contributed by atoms with Crippen molar-refractivity contribution in [3.05, 3.63) is 64.6 Å². The van der Waals surface area contributed by atoms with Crippen molar-refractivity contribution in [1.29, 1.82) is 5.26 Å². The topological polar surface area (TPSA) is 74.9 Å². The summed E-state index contributed by atoms with van der Waals surface area (Å²) in [5.74, 6) is -0.126. The molecular formula is C16H15N3O2. The fourth-order valence-electron chi connectivity index (χ4n) is 1.92. The Hall–Kier alpha value is -2.87. The maximum Gasteiger partial charge on any atom is 0.224 e. The number of hydrogen-bond donors (Lipinski definition) is 1. The normalized spacial score (nSPS) is 9.86. The molecule has 1 heterocycles. The number of amides is 1. The van der Waals surface area contributed by atoms with E-state index in [9.17, 15) is 9.59 Å². The van der Waals surface area contributed by atoms with Crippen molar-refractivity contribution < 1.29 is 4.79 Å². The van der Waals surface area contributed by atoms with Crippen LogP contribution in [0.5, 0.6) is 0 Å². The smallest absolute Gasteiger partial charge is 0.224 e. The summed E-state index contributed by atoms with van der Waals surface area (Å²) in [5.41, 5.74) is 0.955. The third-order valence-corrected chi connectivity index (χ3v) is 3.00. The summed E-state index contributed by atoms with van der Waals surface area (Å²) in [6, 6.07) is 11.9. The van der Waals surface area contributed by atoms with Gasteiger partial charge in [-0.25, -0.2) is 0 Å². The second kappa shape index (κ2) is 7.06. The van der Waals surface area contributed by atoms with E-state index in [2.05, 4.69) is 5.32 Å². The molecule has 0 bridgehead atoms. The van der Waals surface area contributed by atoms with Crippen LogP contribution < -0.4 is 10.7 Å². The van der Waals surface area contributed by atoms with Crippen LogP contribution in [0.15, 0.2) is 53.6 Å². The molecule has 0 aliphatic rings. The van der Waals surface area contributed by atoms with E-state index in [1.165, 1.54) is 12.1 Å². The average Bonchev–Trinajstić information content (AvgIpc) is 2.50. The van der Waals surface area contributed by atoms with Crippen LogP contribution >= 0.6 is 0 Å². The van der Waals surface area contributed by atoms with Crippen molar-refractivity contribution >= 4 is 11.6 Å². The van der Waals surface area contributed by atoms with Gasteiger partial charge in [-0.2, -0.15) is 5.26 Å². The van der Waals surface area contributed by atoms with Gasteiger partial charge >= 0.3 is 0 Å². The molecule has 1 amide bonds. The molecule has 0 saturated carbocycles. The van der Waals surface area contributed by atoms with Gasteiger partial charge in [-0.15, -0.1) is 0 Å². The SMILES string of the molecule is N#Cc1ccccc1NC(=O)CCCn1ccc(=O)cc1. The van der Waals surface area contributed by atoms with E-state index < -0.39 is 0 Å². The van der Waals surface area contributed by atoms with Gasteiger partial charge in [0.2, 0.25) is 5.91 Å². The van der Waals surface area contributed by atoms with Crippen molar-refractivity contribution in [2.24, 2.45) is 0 Å². The number of benzene rings is 1. The summed E-state index contributed by atoms with van der Waals surface area (Å²) in [6.45, 7) is 0.660. The summed E-state index contributed by atoms with van der Waals surface area (Å²) in [7, 11) is 0. The molecule has 1 aromatic heterocycles. The number of nitriles is 1. The number of hydrogen-bond acceptors (Lipinski definition) is 3. The van der Waals surface area contributed by atoms with Gasteiger partial charge in [0.25, 0.3) is 0 Å². The maximum atomic E-state index is 11.8. The molecule has 1 aromatic carbocycles. The lowest BCUT2D eigenvalue weighted by Gasteiger charge is -2.08. The molecule has 0 radical (unpaired) electrons. The van der Waals surface area contributed by atoms with E-state index in [0.29, 0.717) is 30.6 Å². The molecule has 0 saturated heterocycles. The summed E-state index contributed by atoms with van der Waals surface area (Å²) >= 11 is 0. The van der Waals surface area contributed by atoms with E-state index in [0.717, 1.165) is 0 Å². The second-order valence-electron chi connectivity index (χ2n) is 4.58. The zero-order valence-corrected chi connectivity index (χ0v) is 11.5. The Labute approximate surface area is 122 Å². The Bertz CT molecular complexity index is 708. The fourth-order valence-corrected chi connectivity index (χ4v) is 1.92. The number of para-hydroxylation sites is 1. The Morgan fingerprint density at radius 2 is 1.90 bits per heavy atom. The van der Waals surface area contributed by atoms with Crippen molar-refractivity contribution in [1.82, 2.24) is 4.57 Å².